The molecule has 0 N–H and O–H groups in total. The van der Waals surface area contributed by atoms with Gasteiger partial charge in [-0.3, -0.25) is 9.80 Å². The fraction of sp³-hybridized carbons (Fsp3) is 0.625. The van der Waals surface area contributed by atoms with Crippen LogP contribution in [0.4, 0.5) is 4.39 Å². The molecule has 2 fully saturated rings. The van der Waals surface area contributed by atoms with E-state index in [4.69, 9.17) is 4.74 Å². The van der Waals surface area contributed by atoms with Crippen molar-refractivity contribution in [1.29, 1.82) is 0 Å². The van der Waals surface area contributed by atoms with Gasteiger partial charge in [0.05, 0.1) is 6.10 Å². The molecule has 2 heterocycles. The van der Waals surface area contributed by atoms with E-state index in [2.05, 4.69) is 9.80 Å². The Morgan fingerprint density at radius 3 is 2.40 bits per heavy atom. The highest BCUT2D eigenvalue weighted by Gasteiger charge is 2.22. The van der Waals surface area contributed by atoms with Crippen LogP contribution < -0.4 is 0 Å². The molecule has 1 aromatic carbocycles. The Balaban J connectivity index is 1.42. The zero-order valence-electron chi connectivity index (χ0n) is 11.9. The first-order chi connectivity index (χ1) is 9.79. The van der Waals surface area contributed by atoms with Gasteiger partial charge in [0.1, 0.15) is 5.82 Å². The Hall–Kier alpha value is -0.970. The fourth-order valence-corrected chi connectivity index (χ4v) is 3.05. The molecule has 2 aliphatic heterocycles. The van der Waals surface area contributed by atoms with Crippen LogP contribution >= 0.6 is 0 Å². The van der Waals surface area contributed by atoms with Crippen LogP contribution in [-0.2, 0) is 11.3 Å². The van der Waals surface area contributed by atoms with Crippen LogP contribution in [0.15, 0.2) is 24.3 Å². The fourth-order valence-electron chi connectivity index (χ4n) is 3.05. The molecule has 1 atom stereocenters. The maximum Gasteiger partial charge on any atom is 0.123 e. The summed E-state index contributed by atoms with van der Waals surface area (Å²) in [6, 6.07) is 6.86. The molecule has 0 bridgehead atoms. The Kier molecular flexibility index (Phi) is 4.65. The van der Waals surface area contributed by atoms with Gasteiger partial charge in [0.15, 0.2) is 0 Å². The molecule has 3 rings (SSSR count). The van der Waals surface area contributed by atoms with Crippen LogP contribution in [0.2, 0.25) is 0 Å². The molecule has 0 amide bonds. The first kappa shape index (κ1) is 14.0. The van der Waals surface area contributed by atoms with Gasteiger partial charge in [-0.15, -0.1) is 0 Å². The molecule has 2 aliphatic rings. The monoisotopic (exact) mass is 278 g/mol. The van der Waals surface area contributed by atoms with Crippen molar-refractivity contribution in [2.24, 2.45) is 0 Å². The lowest BCUT2D eigenvalue weighted by atomic mass is 10.2. The SMILES string of the molecule is Fc1ccc(CN2CCN(C[C@@H]3CCCO3)CC2)cc1. The molecule has 0 saturated carbocycles. The molecule has 2 saturated heterocycles. The van der Waals surface area contributed by atoms with Crippen LogP contribution in [0.5, 0.6) is 0 Å². The highest BCUT2D eigenvalue weighted by Crippen LogP contribution is 2.15. The number of piperazine rings is 1. The van der Waals surface area contributed by atoms with E-state index < -0.39 is 0 Å². The van der Waals surface area contributed by atoms with E-state index >= 15 is 0 Å². The van der Waals surface area contributed by atoms with Gasteiger partial charge in [0.2, 0.25) is 0 Å². The highest BCUT2D eigenvalue weighted by atomic mass is 19.1. The van der Waals surface area contributed by atoms with Crippen LogP contribution in [0, 0.1) is 5.82 Å². The summed E-state index contributed by atoms with van der Waals surface area (Å²) >= 11 is 0. The zero-order chi connectivity index (χ0) is 13.8. The highest BCUT2D eigenvalue weighted by molar-refractivity contribution is 5.15. The second-order valence-corrected chi connectivity index (χ2v) is 5.84. The van der Waals surface area contributed by atoms with E-state index in [0.29, 0.717) is 6.10 Å². The number of nitrogens with zero attached hydrogens (tertiary/aromatic N) is 2. The van der Waals surface area contributed by atoms with Gasteiger partial charge in [0, 0.05) is 45.9 Å². The summed E-state index contributed by atoms with van der Waals surface area (Å²) in [6.07, 6.45) is 2.89. The molecule has 0 aliphatic carbocycles. The molecule has 1 aromatic rings. The minimum Gasteiger partial charge on any atom is -0.377 e. The molecule has 4 heteroatoms. The second-order valence-electron chi connectivity index (χ2n) is 5.84. The van der Waals surface area contributed by atoms with Gasteiger partial charge in [-0.05, 0) is 30.5 Å². The standard InChI is InChI=1S/C16H23FN2O/c17-15-5-3-14(4-6-15)12-18-7-9-19(10-8-18)13-16-2-1-11-20-16/h3-6,16H,1-2,7-13H2/t16-/m0/s1. The summed E-state index contributed by atoms with van der Waals surface area (Å²) in [6.45, 7) is 7.35. The van der Waals surface area contributed by atoms with E-state index in [1.807, 2.05) is 12.1 Å². The summed E-state index contributed by atoms with van der Waals surface area (Å²) in [5, 5.41) is 0. The lowest BCUT2D eigenvalue weighted by Crippen LogP contribution is -2.48. The summed E-state index contributed by atoms with van der Waals surface area (Å²) < 4.78 is 18.6. The number of halogens is 1. The van der Waals surface area contributed by atoms with Crippen LogP contribution in [0.1, 0.15) is 18.4 Å². The number of rotatable bonds is 4. The van der Waals surface area contributed by atoms with Crippen molar-refractivity contribution in [1.82, 2.24) is 9.80 Å². The summed E-state index contributed by atoms with van der Waals surface area (Å²) in [4.78, 5) is 4.95. The Labute approximate surface area is 120 Å². The molecule has 0 unspecified atom stereocenters. The first-order valence-electron chi connectivity index (χ1n) is 7.60. The second kappa shape index (κ2) is 6.66. The van der Waals surface area contributed by atoms with Gasteiger partial charge < -0.3 is 4.74 Å². The topological polar surface area (TPSA) is 15.7 Å². The zero-order valence-corrected chi connectivity index (χ0v) is 11.9. The molecule has 0 radical (unpaired) electrons. The average molecular weight is 278 g/mol. The quantitative estimate of drug-likeness (QED) is 0.839. The van der Waals surface area contributed by atoms with Gasteiger partial charge in [-0.1, -0.05) is 12.1 Å². The maximum atomic E-state index is 12.9. The Morgan fingerprint density at radius 2 is 1.75 bits per heavy atom. The Bertz CT molecular complexity index is 409. The van der Waals surface area contributed by atoms with Crippen molar-refractivity contribution >= 4 is 0 Å². The van der Waals surface area contributed by atoms with Gasteiger partial charge in [-0.25, -0.2) is 4.39 Å². The molecule has 3 nitrogen and oxygen atoms in total. The van der Waals surface area contributed by atoms with Crippen molar-refractivity contribution in [3.63, 3.8) is 0 Å². The normalized spacial score (nSPS) is 25.1. The van der Waals surface area contributed by atoms with E-state index in [-0.39, 0.29) is 5.82 Å². The van der Waals surface area contributed by atoms with Crippen molar-refractivity contribution in [2.45, 2.75) is 25.5 Å². The lowest BCUT2D eigenvalue weighted by Gasteiger charge is -2.35. The van der Waals surface area contributed by atoms with E-state index in [1.165, 1.54) is 18.4 Å². The molecular weight excluding hydrogens is 255 g/mol. The molecular formula is C16H23FN2O. The van der Waals surface area contributed by atoms with Crippen molar-refractivity contribution < 1.29 is 9.13 Å². The van der Waals surface area contributed by atoms with Crippen LogP contribution in [0.3, 0.4) is 0 Å². The molecule has 0 spiro atoms. The lowest BCUT2D eigenvalue weighted by molar-refractivity contribution is 0.0489. The minimum absolute atomic E-state index is 0.157. The average Bonchev–Trinajstić information content (AvgIpc) is 2.96. The van der Waals surface area contributed by atoms with Crippen molar-refractivity contribution in [3.05, 3.63) is 35.6 Å². The maximum absolute atomic E-state index is 12.9. The van der Waals surface area contributed by atoms with E-state index in [1.54, 1.807) is 12.1 Å². The summed E-state index contributed by atoms with van der Waals surface area (Å²) in [5.74, 6) is -0.157. The van der Waals surface area contributed by atoms with Gasteiger partial charge in [0.25, 0.3) is 0 Å². The molecule has 20 heavy (non-hydrogen) atoms. The van der Waals surface area contributed by atoms with Crippen LogP contribution in [-0.4, -0.2) is 55.2 Å². The molecule has 110 valence electrons. The van der Waals surface area contributed by atoms with Gasteiger partial charge in [-0.2, -0.15) is 0 Å². The number of benzene rings is 1. The third-order valence-electron chi connectivity index (χ3n) is 4.27. The van der Waals surface area contributed by atoms with Crippen molar-refractivity contribution in [3.8, 4) is 0 Å². The Morgan fingerprint density at radius 1 is 1.05 bits per heavy atom. The largest absolute Gasteiger partial charge is 0.377 e. The summed E-state index contributed by atoms with van der Waals surface area (Å²) in [7, 11) is 0. The number of hydrogen-bond donors (Lipinski definition) is 0. The first-order valence-corrected chi connectivity index (χ1v) is 7.60. The van der Waals surface area contributed by atoms with E-state index in [0.717, 1.165) is 45.9 Å². The minimum atomic E-state index is -0.157. The van der Waals surface area contributed by atoms with Gasteiger partial charge >= 0.3 is 0 Å². The predicted molar refractivity (Wildman–Crippen MR) is 77.1 cm³/mol. The third kappa shape index (κ3) is 3.78. The van der Waals surface area contributed by atoms with Crippen LogP contribution in [0.25, 0.3) is 0 Å². The van der Waals surface area contributed by atoms with E-state index in [9.17, 15) is 4.39 Å². The number of ether oxygens (including phenoxy) is 1. The van der Waals surface area contributed by atoms with Crippen molar-refractivity contribution in [2.75, 3.05) is 39.3 Å². The third-order valence-corrected chi connectivity index (χ3v) is 4.27. The smallest absolute Gasteiger partial charge is 0.123 e. The predicted octanol–water partition coefficient (Wildman–Crippen LogP) is 2.12. The molecule has 0 aromatic heterocycles. The summed E-state index contributed by atoms with van der Waals surface area (Å²) in [5.41, 5.74) is 1.19. The number of hydrogen-bond acceptors (Lipinski definition) is 3.